The highest BCUT2D eigenvalue weighted by Crippen LogP contribution is 2.17. The molecule has 3 aromatic rings. The van der Waals surface area contributed by atoms with Crippen molar-refractivity contribution >= 4 is 23.1 Å². The Morgan fingerprint density at radius 1 is 1.29 bits per heavy atom. The van der Waals surface area contributed by atoms with Crippen LogP contribution in [0.4, 0.5) is 10.7 Å². The molecular weight excluding hydrogens is 446 g/mol. The van der Waals surface area contributed by atoms with Crippen LogP contribution in [0.2, 0.25) is 0 Å². The fourth-order valence-electron chi connectivity index (χ4n) is 3.38. The number of nitrogens with one attached hydrogen (secondary N) is 2. The van der Waals surface area contributed by atoms with Crippen LogP contribution in [0.1, 0.15) is 45.7 Å². The molecule has 2 heterocycles. The smallest absolute Gasteiger partial charge is 0.407 e. The molecule has 1 unspecified atom stereocenters. The van der Waals surface area contributed by atoms with Crippen LogP contribution in [-0.4, -0.2) is 43.6 Å². The highest BCUT2D eigenvalue weighted by Gasteiger charge is 2.19. The monoisotopic (exact) mass is 475 g/mol. The second kappa shape index (κ2) is 10.7. The van der Waals surface area contributed by atoms with Crippen LogP contribution in [0.15, 0.2) is 35.3 Å². The van der Waals surface area contributed by atoms with E-state index < -0.39 is 11.7 Å². The molecule has 182 valence electrons. The van der Waals surface area contributed by atoms with Crippen LogP contribution >= 0.6 is 0 Å². The maximum Gasteiger partial charge on any atom is 0.407 e. The summed E-state index contributed by atoms with van der Waals surface area (Å²) in [5.41, 5.74) is 1.03. The number of rotatable bonds is 7. The molecule has 1 aromatic carbocycles. The fourth-order valence-corrected chi connectivity index (χ4v) is 3.38. The number of carbonyl (C=O) groups excluding carboxylic acids is 1. The zero-order chi connectivity index (χ0) is 25.6. The Morgan fingerprint density at radius 2 is 2.03 bits per heavy atom. The van der Waals surface area contributed by atoms with Crippen LogP contribution in [-0.2, 0) is 17.8 Å². The highest BCUT2D eigenvalue weighted by atomic mass is 16.6. The van der Waals surface area contributed by atoms with Gasteiger partial charge in [-0.25, -0.2) is 14.5 Å². The van der Waals surface area contributed by atoms with E-state index in [1.165, 1.54) is 10.9 Å². The van der Waals surface area contributed by atoms with Crippen LogP contribution in [0.25, 0.3) is 11.0 Å². The number of carbonyl (C=O) groups is 1. The SMILES string of the molecule is CC#CCn1c(NCC(C)NC(=O)OC(C)(C)C)nc2cnn(Cc3ccccc3C#N)c(=O)c21. The van der Waals surface area contributed by atoms with Crippen molar-refractivity contribution in [3.63, 3.8) is 0 Å². The summed E-state index contributed by atoms with van der Waals surface area (Å²) in [5, 5.41) is 19.6. The normalized spacial score (nSPS) is 11.8. The van der Waals surface area contributed by atoms with E-state index in [4.69, 9.17) is 4.74 Å². The van der Waals surface area contributed by atoms with Crippen molar-refractivity contribution in [2.75, 3.05) is 11.9 Å². The van der Waals surface area contributed by atoms with Crippen molar-refractivity contribution in [2.45, 2.75) is 59.4 Å². The number of ether oxygens (including phenoxy) is 1. The minimum Gasteiger partial charge on any atom is -0.444 e. The molecule has 2 aromatic heterocycles. The Hall–Kier alpha value is -4.31. The summed E-state index contributed by atoms with van der Waals surface area (Å²) in [4.78, 5) is 29.9. The first kappa shape index (κ1) is 25.3. The quantitative estimate of drug-likeness (QED) is 0.503. The molecule has 1 amide bonds. The number of aromatic nitrogens is 4. The van der Waals surface area contributed by atoms with E-state index >= 15 is 0 Å². The highest BCUT2D eigenvalue weighted by molar-refractivity contribution is 5.77. The first-order chi connectivity index (χ1) is 16.6. The lowest BCUT2D eigenvalue weighted by Crippen LogP contribution is -2.41. The molecule has 0 radical (unpaired) electrons. The first-order valence-electron chi connectivity index (χ1n) is 11.2. The van der Waals surface area contributed by atoms with Gasteiger partial charge < -0.3 is 15.4 Å². The Balaban J connectivity index is 1.88. The summed E-state index contributed by atoms with van der Waals surface area (Å²) in [6.07, 6.45) is 1.01. The largest absolute Gasteiger partial charge is 0.444 e. The standard InChI is InChI=1S/C25H29N7O3/c1-6-7-12-31-21-20(30-23(31)27-14-17(2)29-24(34)35-25(3,4)5)15-28-32(22(21)33)16-19-11-9-8-10-18(19)13-26/h8-11,15,17H,12,14,16H2,1-5H3,(H,27,30)(H,29,34). The molecular formula is C25H29N7O3. The number of benzene rings is 1. The Bertz CT molecular complexity index is 1380. The number of hydrogen-bond donors (Lipinski definition) is 2. The van der Waals surface area contributed by atoms with Gasteiger partial charge in [-0.05, 0) is 46.2 Å². The van der Waals surface area contributed by atoms with E-state index in [1.54, 1.807) is 50.5 Å². The van der Waals surface area contributed by atoms with Gasteiger partial charge in [0.05, 0.1) is 30.9 Å². The van der Waals surface area contributed by atoms with Crippen molar-refractivity contribution in [3.8, 4) is 17.9 Å². The minimum atomic E-state index is -0.593. The average Bonchev–Trinajstić information content (AvgIpc) is 3.15. The van der Waals surface area contributed by atoms with E-state index in [9.17, 15) is 14.9 Å². The minimum absolute atomic E-state index is 0.156. The second-order valence-electron chi connectivity index (χ2n) is 8.99. The fraction of sp³-hybridized carbons (Fsp3) is 0.400. The third-order valence-electron chi connectivity index (χ3n) is 4.95. The second-order valence-corrected chi connectivity index (χ2v) is 8.99. The molecule has 0 aliphatic rings. The van der Waals surface area contributed by atoms with Crippen LogP contribution in [0, 0.1) is 23.2 Å². The molecule has 0 saturated carbocycles. The Kier molecular flexibility index (Phi) is 7.77. The van der Waals surface area contributed by atoms with Crippen molar-refractivity contribution < 1.29 is 9.53 Å². The summed E-state index contributed by atoms with van der Waals surface area (Å²) < 4.78 is 8.30. The summed E-state index contributed by atoms with van der Waals surface area (Å²) in [6, 6.07) is 8.96. The molecule has 2 N–H and O–H groups in total. The number of anilines is 1. The van der Waals surface area contributed by atoms with Crippen molar-refractivity contribution in [2.24, 2.45) is 0 Å². The first-order valence-corrected chi connectivity index (χ1v) is 11.2. The van der Waals surface area contributed by atoms with Gasteiger partial charge in [0.25, 0.3) is 5.56 Å². The van der Waals surface area contributed by atoms with Gasteiger partial charge in [0.2, 0.25) is 5.95 Å². The van der Waals surface area contributed by atoms with Gasteiger partial charge in [0.15, 0.2) is 0 Å². The lowest BCUT2D eigenvalue weighted by molar-refractivity contribution is 0.0511. The number of amides is 1. The van der Waals surface area contributed by atoms with E-state index in [2.05, 4.69) is 38.6 Å². The number of alkyl carbamates (subject to hydrolysis) is 1. The average molecular weight is 476 g/mol. The molecule has 10 heteroatoms. The summed E-state index contributed by atoms with van der Waals surface area (Å²) in [6.45, 7) is 9.69. The van der Waals surface area contributed by atoms with Crippen LogP contribution in [0.5, 0.6) is 0 Å². The molecule has 0 spiro atoms. The number of imidazole rings is 1. The molecule has 0 bridgehead atoms. The van der Waals surface area contributed by atoms with Gasteiger partial charge in [-0.3, -0.25) is 9.36 Å². The summed E-state index contributed by atoms with van der Waals surface area (Å²) in [7, 11) is 0. The predicted octanol–water partition coefficient (Wildman–Crippen LogP) is 2.86. The Labute approximate surface area is 203 Å². The lowest BCUT2D eigenvalue weighted by Gasteiger charge is -2.22. The van der Waals surface area contributed by atoms with Gasteiger partial charge in [0.1, 0.15) is 16.6 Å². The van der Waals surface area contributed by atoms with Crippen LogP contribution < -0.4 is 16.2 Å². The molecule has 0 aliphatic heterocycles. The maximum atomic E-state index is 13.4. The predicted molar refractivity (Wildman–Crippen MR) is 133 cm³/mol. The molecule has 3 rings (SSSR count). The molecule has 0 aliphatic carbocycles. The van der Waals surface area contributed by atoms with Crippen molar-refractivity contribution in [1.82, 2.24) is 24.6 Å². The third-order valence-corrected chi connectivity index (χ3v) is 4.95. The van der Waals surface area contributed by atoms with Gasteiger partial charge in [-0.2, -0.15) is 10.4 Å². The van der Waals surface area contributed by atoms with Crippen molar-refractivity contribution in [1.29, 1.82) is 5.26 Å². The maximum absolute atomic E-state index is 13.4. The van der Waals surface area contributed by atoms with E-state index in [0.717, 1.165) is 0 Å². The topological polar surface area (TPSA) is 127 Å². The molecule has 1 atom stereocenters. The number of fused-ring (bicyclic) bond motifs is 1. The lowest BCUT2D eigenvalue weighted by atomic mass is 10.1. The number of hydrogen-bond acceptors (Lipinski definition) is 7. The van der Waals surface area contributed by atoms with E-state index in [1.807, 2.05) is 13.0 Å². The molecule has 0 saturated heterocycles. The van der Waals surface area contributed by atoms with Gasteiger partial charge >= 0.3 is 6.09 Å². The molecule has 35 heavy (non-hydrogen) atoms. The zero-order valence-electron chi connectivity index (χ0n) is 20.5. The van der Waals surface area contributed by atoms with E-state index in [0.29, 0.717) is 34.7 Å². The summed E-state index contributed by atoms with van der Waals surface area (Å²) >= 11 is 0. The van der Waals surface area contributed by atoms with Gasteiger partial charge in [-0.15, -0.1) is 5.92 Å². The zero-order valence-corrected chi connectivity index (χ0v) is 20.5. The Morgan fingerprint density at radius 3 is 2.71 bits per heavy atom. The summed E-state index contributed by atoms with van der Waals surface area (Å²) in [5.74, 6) is 6.25. The van der Waals surface area contributed by atoms with Crippen molar-refractivity contribution in [3.05, 3.63) is 51.9 Å². The molecule has 0 fully saturated rings. The number of nitriles is 1. The van der Waals surface area contributed by atoms with Gasteiger partial charge in [0, 0.05) is 12.6 Å². The molecule has 10 nitrogen and oxygen atoms in total. The van der Waals surface area contributed by atoms with E-state index in [-0.39, 0.29) is 24.7 Å². The third kappa shape index (κ3) is 6.39. The number of nitrogens with zero attached hydrogens (tertiary/aromatic N) is 5. The van der Waals surface area contributed by atoms with Crippen LogP contribution in [0.3, 0.4) is 0 Å². The van der Waals surface area contributed by atoms with Gasteiger partial charge in [-0.1, -0.05) is 24.1 Å².